The minimum absolute atomic E-state index is 0.359. The number of carboxylic acid groups (broad SMARTS) is 1. The van der Waals surface area contributed by atoms with Crippen molar-refractivity contribution in [1.82, 2.24) is 0 Å². The average Bonchev–Trinajstić information content (AvgIpc) is 2.45. The fraction of sp³-hybridized carbons (Fsp3) is 0.571. The number of halogens is 12. The molecule has 0 bridgehead atoms. The third kappa shape index (κ3) is 10.9. The van der Waals surface area contributed by atoms with Gasteiger partial charge in [0.2, 0.25) is 0 Å². The van der Waals surface area contributed by atoms with Gasteiger partial charge in [-0.1, -0.05) is 12.7 Å². The molecule has 0 rings (SSSR count). The zero-order valence-corrected chi connectivity index (χ0v) is 14.6. The Bertz CT molecular complexity index is 624. The van der Waals surface area contributed by atoms with Gasteiger partial charge in [0, 0.05) is 11.1 Å². The van der Waals surface area contributed by atoms with Crippen LogP contribution in [0.25, 0.3) is 0 Å². The number of alkyl halides is 12. The molecule has 0 amide bonds. The molecule has 0 unspecified atom stereocenters. The molecule has 0 spiro atoms. The summed E-state index contributed by atoms with van der Waals surface area (Å²) < 4.78 is 145. The third-order valence-corrected chi connectivity index (χ3v) is 2.63. The second-order valence-corrected chi connectivity index (χ2v) is 5.36. The van der Waals surface area contributed by atoms with Crippen molar-refractivity contribution in [2.45, 2.75) is 44.7 Å². The first-order valence-corrected chi connectivity index (χ1v) is 6.97. The summed E-state index contributed by atoms with van der Waals surface area (Å²) in [5, 5.41) is 8.16. The van der Waals surface area contributed by atoms with E-state index in [1.165, 1.54) is 0 Å². The van der Waals surface area contributed by atoms with Crippen LogP contribution in [-0.2, 0) is 14.3 Å². The Morgan fingerprint density at radius 2 is 1.13 bits per heavy atom. The van der Waals surface area contributed by atoms with Crippen molar-refractivity contribution in [3.8, 4) is 0 Å². The second-order valence-electron chi connectivity index (χ2n) is 5.36. The molecule has 0 aliphatic rings. The molecule has 0 aromatic rings. The maximum absolute atomic E-state index is 11.9. The zero-order chi connectivity index (χ0) is 24.9. The zero-order valence-electron chi connectivity index (χ0n) is 14.6. The Labute approximate surface area is 159 Å². The van der Waals surface area contributed by atoms with Crippen LogP contribution in [-0.4, -0.2) is 47.9 Å². The van der Waals surface area contributed by atoms with Gasteiger partial charge in [0.05, 0.1) is 0 Å². The largest absolute Gasteiger partial charge is 0.478 e. The lowest BCUT2D eigenvalue weighted by Gasteiger charge is -2.22. The van der Waals surface area contributed by atoms with E-state index in [9.17, 15) is 62.3 Å². The lowest BCUT2D eigenvalue weighted by Crippen LogP contribution is -2.45. The summed E-state index contributed by atoms with van der Waals surface area (Å²) >= 11 is 0. The Kier molecular flexibility index (Phi) is 9.99. The van der Waals surface area contributed by atoms with E-state index in [-0.39, 0.29) is 6.08 Å². The van der Waals surface area contributed by atoms with Crippen LogP contribution in [0.15, 0.2) is 23.8 Å². The van der Waals surface area contributed by atoms with Gasteiger partial charge < -0.3 is 9.84 Å². The molecular weight excluding hydrogens is 460 g/mol. The molecule has 176 valence electrons. The summed E-state index contributed by atoms with van der Waals surface area (Å²) in [7, 11) is 0. The van der Waals surface area contributed by atoms with E-state index in [4.69, 9.17) is 5.11 Å². The van der Waals surface area contributed by atoms with Crippen LogP contribution < -0.4 is 0 Å². The van der Waals surface area contributed by atoms with E-state index in [0.717, 1.165) is 6.92 Å². The highest BCUT2D eigenvalue weighted by Gasteiger charge is 2.60. The van der Waals surface area contributed by atoms with Crippen LogP contribution in [0, 0.1) is 5.92 Å². The Morgan fingerprint density at radius 3 is 1.33 bits per heavy atom. The predicted molar refractivity (Wildman–Crippen MR) is 73.8 cm³/mol. The Morgan fingerprint density at radius 1 is 0.800 bits per heavy atom. The fourth-order valence-electron chi connectivity index (χ4n) is 1.22. The molecule has 0 saturated heterocycles. The maximum Gasteiger partial charge on any atom is 0.434 e. The number of carboxylic acids is 1. The maximum atomic E-state index is 11.9. The highest BCUT2D eigenvalue weighted by Crippen LogP contribution is 2.40. The van der Waals surface area contributed by atoms with Crippen LogP contribution in [0.3, 0.4) is 0 Å². The smallest absolute Gasteiger partial charge is 0.434 e. The number of carbonyl (C=O) groups is 2. The van der Waals surface area contributed by atoms with Gasteiger partial charge >= 0.3 is 36.6 Å². The molecule has 0 aliphatic carbocycles. The van der Waals surface area contributed by atoms with E-state index in [1.807, 2.05) is 0 Å². The monoisotopic (exact) mass is 472 g/mol. The molecule has 16 heteroatoms. The van der Waals surface area contributed by atoms with E-state index in [1.54, 1.807) is 0 Å². The standard InChI is InChI=1S/2C7H6F6O2/c1-3(2)4(14)15-5(6(8,9)10)7(11,12)13;1-3(5(14)15)2-4(6(8,9)10)7(11,12)13/h5H,1H2,2H3;2,4H,1H3,(H,14,15). The number of rotatable bonds is 4. The molecule has 4 nitrogen and oxygen atoms in total. The van der Waals surface area contributed by atoms with E-state index >= 15 is 0 Å². The number of hydrogen-bond donors (Lipinski definition) is 1. The topological polar surface area (TPSA) is 63.6 Å². The van der Waals surface area contributed by atoms with Crippen LogP contribution in [0.4, 0.5) is 52.7 Å². The van der Waals surface area contributed by atoms with Crippen molar-refractivity contribution in [1.29, 1.82) is 0 Å². The summed E-state index contributed by atoms with van der Waals surface area (Å²) in [4.78, 5) is 20.6. The van der Waals surface area contributed by atoms with Crippen molar-refractivity contribution in [3.63, 3.8) is 0 Å². The minimum Gasteiger partial charge on any atom is -0.478 e. The van der Waals surface area contributed by atoms with Gasteiger partial charge in [-0.3, -0.25) is 0 Å². The van der Waals surface area contributed by atoms with Gasteiger partial charge in [-0.15, -0.1) is 0 Å². The van der Waals surface area contributed by atoms with E-state index in [0.29, 0.717) is 6.92 Å². The lowest BCUT2D eigenvalue weighted by molar-refractivity contribution is -0.312. The summed E-state index contributed by atoms with van der Waals surface area (Å²) in [6.45, 7) is 4.46. The molecule has 0 fully saturated rings. The molecule has 30 heavy (non-hydrogen) atoms. The second kappa shape index (κ2) is 10.1. The van der Waals surface area contributed by atoms with Crippen molar-refractivity contribution >= 4 is 11.9 Å². The van der Waals surface area contributed by atoms with E-state index < -0.39 is 59.8 Å². The molecule has 0 aliphatic heterocycles. The first-order valence-electron chi connectivity index (χ1n) is 6.97. The molecule has 0 saturated carbocycles. The first-order chi connectivity index (χ1) is 12.9. The number of allylic oxidation sites excluding steroid dienone is 1. The van der Waals surface area contributed by atoms with Gasteiger partial charge in [0.1, 0.15) is 0 Å². The summed E-state index contributed by atoms with van der Waals surface area (Å²) in [5.41, 5.74) is -1.55. The molecular formula is C14H12F12O4. The highest BCUT2D eigenvalue weighted by molar-refractivity contribution is 5.87. The third-order valence-electron chi connectivity index (χ3n) is 2.63. The van der Waals surface area contributed by atoms with Gasteiger partial charge in [-0.2, -0.15) is 52.7 Å². The van der Waals surface area contributed by atoms with Crippen LogP contribution >= 0.6 is 0 Å². The summed E-state index contributed by atoms with van der Waals surface area (Å²) in [6, 6.07) is 0. The Balaban J connectivity index is 0. The summed E-state index contributed by atoms with van der Waals surface area (Å²) in [6.07, 6.45) is -27.0. The van der Waals surface area contributed by atoms with Crippen molar-refractivity contribution in [2.24, 2.45) is 5.92 Å². The molecule has 0 aromatic heterocycles. The van der Waals surface area contributed by atoms with Gasteiger partial charge in [-0.25, -0.2) is 9.59 Å². The lowest BCUT2D eigenvalue weighted by atomic mass is 10.1. The van der Waals surface area contributed by atoms with Crippen LogP contribution in [0.1, 0.15) is 13.8 Å². The molecule has 0 heterocycles. The SMILES string of the molecule is C=C(C)C(=O)OC(C(F)(F)F)C(F)(F)F.CC(=CC(C(F)(F)F)C(F)(F)F)C(=O)O. The van der Waals surface area contributed by atoms with Crippen molar-refractivity contribution in [2.75, 3.05) is 0 Å². The number of hydrogen-bond acceptors (Lipinski definition) is 3. The van der Waals surface area contributed by atoms with Gasteiger partial charge in [0.15, 0.2) is 5.92 Å². The number of esters is 1. The van der Waals surface area contributed by atoms with Crippen molar-refractivity contribution in [3.05, 3.63) is 23.8 Å². The summed E-state index contributed by atoms with van der Waals surface area (Å²) in [5.74, 6) is -7.32. The highest BCUT2D eigenvalue weighted by atomic mass is 19.4. The quantitative estimate of drug-likeness (QED) is 0.340. The molecule has 0 aromatic carbocycles. The van der Waals surface area contributed by atoms with Gasteiger partial charge in [-0.05, 0) is 13.8 Å². The minimum atomic E-state index is -5.69. The molecule has 1 N–H and O–H groups in total. The molecule has 0 atom stereocenters. The van der Waals surface area contributed by atoms with Crippen LogP contribution in [0.5, 0.6) is 0 Å². The number of aliphatic carboxylic acids is 1. The normalized spacial score (nSPS) is 13.7. The van der Waals surface area contributed by atoms with Crippen LogP contribution in [0.2, 0.25) is 0 Å². The fourth-order valence-corrected chi connectivity index (χ4v) is 1.22. The average molecular weight is 472 g/mol. The van der Waals surface area contributed by atoms with Crippen molar-refractivity contribution < 1.29 is 72.1 Å². The predicted octanol–water partition coefficient (Wildman–Crippen LogP) is 5.36. The Hall–Kier alpha value is -2.42. The molecule has 0 radical (unpaired) electrons. The number of ether oxygens (including phenoxy) is 1. The van der Waals surface area contributed by atoms with E-state index in [2.05, 4.69) is 11.3 Å². The van der Waals surface area contributed by atoms with Gasteiger partial charge in [0.25, 0.3) is 6.10 Å². The first kappa shape index (κ1) is 29.8. The number of carbonyl (C=O) groups excluding carboxylic acids is 1.